The summed E-state index contributed by atoms with van der Waals surface area (Å²) in [5.41, 5.74) is 0.390. The van der Waals surface area contributed by atoms with E-state index in [1.807, 2.05) is 12.1 Å². The number of amides is 1. The lowest BCUT2D eigenvalue weighted by atomic mass is 9.85. The minimum atomic E-state index is -4.61. The van der Waals surface area contributed by atoms with Crippen molar-refractivity contribution in [2.24, 2.45) is 5.92 Å². The van der Waals surface area contributed by atoms with Gasteiger partial charge in [0.05, 0.1) is 35.1 Å². The number of ether oxygens (including phenoxy) is 1. The number of sulfonamides is 1. The topological polar surface area (TPSA) is 105 Å². The molecule has 2 fully saturated rings. The molecule has 8 nitrogen and oxygen atoms in total. The minimum absolute atomic E-state index is 0.0175. The lowest BCUT2D eigenvalue weighted by molar-refractivity contribution is -0.138. The van der Waals surface area contributed by atoms with Crippen LogP contribution in [0.15, 0.2) is 71.6 Å². The third-order valence-corrected chi connectivity index (χ3v) is 10.5. The predicted octanol–water partition coefficient (Wildman–Crippen LogP) is 6.94. The number of aryl methyl sites for hydroxylation is 1. The van der Waals surface area contributed by atoms with Gasteiger partial charge in [-0.2, -0.15) is 17.5 Å². The van der Waals surface area contributed by atoms with Crippen molar-refractivity contribution in [1.29, 1.82) is 0 Å². The highest BCUT2D eigenvalue weighted by molar-refractivity contribution is 7.89. The summed E-state index contributed by atoms with van der Waals surface area (Å²) in [6.45, 7) is 1.41. The number of benzene rings is 3. The highest BCUT2D eigenvalue weighted by Gasteiger charge is 2.44. The maximum Gasteiger partial charge on any atom is 0.416 e. The zero-order valence-electron chi connectivity index (χ0n) is 25.1. The van der Waals surface area contributed by atoms with E-state index in [1.165, 1.54) is 47.6 Å². The van der Waals surface area contributed by atoms with Gasteiger partial charge in [-0.15, -0.1) is 0 Å². The van der Waals surface area contributed by atoms with Gasteiger partial charge in [-0.1, -0.05) is 43.2 Å². The van der Waals surface area contributed by atoms with Crippen LogP contribution in [0, 0.1) is 12.8 Å². The molecule has 3 aromatic carbocycles. The molecule has 1 saturated carbocycles. The van der Waals surface area contributed by atoms with E-state index >= 15 is 0 Å². The first-order valence-electron chi connectivity index (χ1n) is 14.9. The van der Waals surface area contributed by atoms with E-state index in [1.54, 1.807) is 12.1 Å². The number of rotatable bonds is 8. The molecule has 3 aromatic rings. The van der Waals surface area contributed by atoms with Crippen LogP contribution >= 0.6 is 0 Å². The van der Waals surface area contributed by atoms with Crippen molar-refractivity contribution >= 4 is 33.3 Å². The van der Waals surface area contributed by atoms with Crippen LogP contribution in [0.2, 0.25) is 0 Å². The molecule has 1 heterocycles. The monoisotopic (exact) mass is 643 g/mol. The van der Waals surface area contributed by atoms with Gasteiger partial charge in [-0.3, -0.25) is 4.79 Å². The van der Waals surface area contributed by atoms with Crippen molar-refractivity contribution in [1.82, 2.24) is 4.31 Å². The van der Waals surface area contributed by atoms with Gasteiger partial charge in [0, 0.05) is 24.0 Å². The second kappa shape index (κ2) is 13.2. The molecular formula is C33H36F3N3O5S. The summed E-state index contributed by atoms with van der Waals surface area (Å²) in [6, 6.07) is 15.9. The zero-order chi connectivity index (χ0) is 32.4. The smallest absolute Gasteiger partial charge is 0.416 e. The highest BCUT2D eigenvalue weighted by atomic mass is 32.2. The van der Waals surface area contributed by atoms with Crippen LogP contribution in [0.3, 0.4) is 0 Å². The first-order valence-corrected chi connectivity index (χ1v) is 16.4. The number of carbonyl (C=O) groups excluding carboxylic acids is 2. The number of halogens is 3. The fraction of sp³-hybridized carbons (Fsp3) is 0.394. The van der Waals surface area contributed by atoms with Crippen LogP contribution in [0.4, 0.5) is 24.5 Å². The molecule has 0 spiro atoms. The fourth-order valence-electron chi connectivity index (χ4n) is 6.33. The molecule has 2 atom stereocenters. The number of piperidine rings is 1. The predicted molar refractivity (Wildman–Crippen MR) is 164 cm³/mol. The molecule has 1 saturated heterocycles. The molecule has 1 amide bonds. The Balaban J connectivity index is 1.53. The quantitative estimate of drug-likeness (QED) is 0.258. The third-order valence-electron chi connectivity index (χ3n) is 8.59. The normalized spacial score (nSPS) is 19.7. The Kier molecular flexibility index (Phi) is 9.54. The molecule has 1 aliphatic heterocycles. The van der Waals surface area contributed by atoms with E-state index in [4.69, 9.17) is 4.74 Å². The summed E-state index contributed by atoms with van der Waals surface area (Å²) >= 11 is 0. The van der Waals surface area contributed by atoms with Gasteiger partial charge < -0.3 is 15.4 Å². The number of hydrogen-bond donors (Lipinski definition) is 2. The minimum Gasteiger partial charge on any atom is -0.465 e. The summed E-state index contributed by atoms with van der Waals surface area (Å²) in [5.74, 6) is -2.37. The Labute approximate surface area is 261 Å². The molecule has 0 bridgehead atoms. The van der Waals surface area contributed by atoms with Crippen molar-refractivity contribution in [3.63, 3.8) is 0 Å². The average Bonchev–Trinajstić information content (AvgIpc) is 3.54. The van der Waals surface area contributed by atoms with Crippen molar-refractivity contribution in [2.45, 2.75) is 68.6 Å². The number of anilines is 2. The Morgan fingerprint density at radius 3 is 2.24 bits per heavy atom. The summed E-state index contributed by atoms with van der Waals surface area (Å²) < 4.78 is 75.4. The van der Waals surface area contributed by atoms with Gasteiger partial charge in [-0.25, -0.2) is 13.2 Å². The van der Waals surface area contributed by atoms with Gasteiger partial charge in [0.1, 0.15) is 0 Å². The molecule has 12 heteroatoms. The second-order valence-corrected chi connectivity index (χ2v) is 13.4. The van der Waals surface area contributed by atoms with Crippen LogP contribution in [0.25, 0.3) is 0 Å². The van der Waals surface area contributed by atoms with Crippen LogP contribution in [-0.4, -0.2) is 44.3 Å². The second-order valence-electron chi connectivity index (χ2n) is 11.6. The van der Waals surface area contributed by atoms with Crippen molar-refractivity contribution < 1.29 is 35.9 Å². The van der Waals surface area contributed by atoms with Gasteiger partial charge in [0.15, 0.2) is 0 Å². The van der Waals surface area contributed by atoms with Gasteiger partial charge in [-0.05, 0) is 80.1 Å². The Morgan fingerprint density at radius 1 is 0.911 bits per heavy atom. The molecule has 2 aliphatic rings. The van der Waals surface area contributed by atoms with E-state index in [0.29, 0.717) is 24.4 Å². The molecule has 0 radical (unpaired) electrons. The maximum absolute atomic E-state index is 14.3. The van der Waals surface area contributed by atoms with E-state index in [2.05, 4.69) is 10.6 Å². The van der Waals surface area contributed by atoms with Crippen LogP contribution in [0.5, 0.6) is 0 Å². The van der Waals surface area contributed by atoms with Crippen molar-refractivity contribution in [3.8, 4) is 0 Å². The zero-order valence-corrected chi connectivity index (χ0v) is 25.9. The summed E-state index contributed by atoms with van der Waals surface area (Å²) in [4.78, 5) is 26.1. The molecule has 0 unspecified atom stereocenters. The molecule has 5 rings (SSSR count). The van der Waals surface area contributed by atoms with E-state index in [0.717, 1.165) is 44.5 Å². The number of nitrogens with one attached hydrogen (secondary N) is 2. The van der Waals surface area contributed by atoms with E-state index in [9.17, 15) is 31.2 Å². The lowest BCUT2D eigenvalue weighted by Crippen LogP contribution is -2.46. The molecule has 0 aromatic heterocycles. The average molecular weight is 644 g/mol. The largest absolute Gasteiger partial charge is 0.465 e. The summed E-state index contributed by atoms with van der Waals surface area (Å²) in [5, 5.41) is 6.11. The number of hydrogen-bond acceptors (Lipinski definition) is 6. The van der Waals surface area contributed by atoms with Crippen molar-refractivity contribution in [3.05, 3.63) is 89.0 Å². The number of alkyl halides is 3. The molecule has 240 valence electrons. The van der Waals surface area contributed by atoms with E-state index in [-0.39, 0.29) is 28.3 Å². The van der Waals surface area contributed by atoms with Crippen LogP contribution in [0.1, 0.15) is 71.6 Å². The first kappa shape index (κ1) is 32.5. The Bertz CT molecular complexity index is 1650. The van der Waals surface area contributed by atoms with Gasteiger partial charge >= 0.3 is 12.1 Å². The SMILES string of the molecule is COC(=O)c1ccccc1S(=O)(=O)N1CCC[C@H](C(=O)Nc2ccc(C)c(C(F)(F)F)c2)[C@@H]1c1ccc(NC2CCCC2)cc1. The highest BCUT2D eigenvalue weighted by Crippen LogP contribution is 2.42. The fourth-order valence-corrected chi connectivity index (χ4v) is 8.20. The van der Waals surface area contributed by atoms with Crippen molar-refractivity contribution in [2.75, 3.05) is 24.3 Å². The van der Waals surface area contributed by atoms with Crippen LogP contribution in [-0.2, 0) is 25.7 Å². The maximum atomic E-state index is 14.3. The Hall–Kier alpha value is -3.90. The standard InChI is InChI=1S/C33H36F3N3O5S/c1-21-13-16-25(20-28(21)33(34,35)36)38-31(40)27-11-7-19-39(45(42,43)29-12-6-5-10-26(29)32(41)44-2)30(27)22-14-17-24(18-15-22)37-23-8-3-4-9-23/h5-6,10,12-18,20,23,27,30,37H,3-4,7-9,11,19H2,1-2H3,(H,38,40)/t27-,30-/m0/s1. The number of esters is 1. The molecular weight excluding hydrogens is 607 g/mol. The Morgan fingerprint density at radius 2 is 1.58 bits per heavy atom. The lowest BCUT2D eigenvalue weighted by Gasteiger charge is -2.40. The number of methoxy groups -OCH3 is 1. The summed E-state index contributed by atoms with van der Waals surface area (Å²) in [6.07, 6.45) is 0.434. The molecule has 2 N–H and O–H groups in total. The van der Waals surface area contributed by atoms with Crippen LogP contribution < -0.4 is 10.6 Å². The number of carbonyl (C=O) groups is 2. The van der Waals surface area contributed by atoms with Gasteiger partial charge in [0.2, 0.25) is 15.9 Å². The summed E-state index contributed by atoms with van der Waals surface area (Å²) in [7, 11) is -3.20. The van der Waals surface area contributed by atoms with Gasteiger partial charge in [0.25, 0.3) is 0 Å². The first-order chi connectivity index (χ1) is 21.4. The third kappa shape index (κ3) is 7.01. The number of nitrogens with zero attached hydrogens (tertiary/aromatic N) is 1. The molecule has 45 heavy (non-hydrogen) atoms. The van der Waals surface area contributed by atoms with E-state index < -0.39 is 45.6 Å². The molecule has 1 aliphatic carbocycles.